The lowest BCUT2D eigenvalue weighted by atomic mass is 10.2. The van der Waals surface area contributed by atoms with Crippen molar-refractivity contribution < 1.29 is 4.79 Å². The highest BCUT2D eigenvalue weighted by atomic mass is 32.2. The predicted molar refractivity (Wildman–Crippen MR) is 64.1 cm³/mol. The molecule has 15 heavy (non-hydrogen) atoms. The Hall–Kier alpha value is -0.220. The van der Waals surface area contributed by atoms with Crippen LogP contribution in [0.1, 0.15) is 32.1 Å². The minimum Gasteiger partial charge on any atom is -0.354 e. The molecule has 1 aliphatic heterocycles. The summed E-state index contributed by atoms with van der Waals surface area (Å²) >= 11 is 2.01. The first-order valence-electron chi connectivity index (χ1n) is 5.96. The Morgan fingerprint density at radius 2 is 2.13 bits per heavy atom. The maximum atomic E-state index is 11.4. The number of hydrogen-bond donors (Lipinski definition) is 2. The summed E-state index contributed by atoms with van der Waals surface area (Å²) in [6, 6.07) is 0.625. The van der Waals surface area contributed by atoms with Crippen LogP contribution in [-0.2, 0) is 4.79 Å². The number of thioether (sulfide) groups is 1. The van der Waals surface area contributed by atoms with E-state index in [0.29, 0.717) is 17.8 Å². The van der Waals surface area contributed by atoms with Crippen LogP contribution in [0.15, 0.2) is 0 Å². The van der Waals surface area contributed by atoms with Crippen LogP contribution in [-0.4, -0.2) is 36.0 Å². The first-order valence-corrected chi connectivity index (χ1v) is 7.01. The number of hydrogen-bond acceptors (Lipinski definition) is 3. The molecule has 0 bridgehead atoms. The molecule has 86 valence electrons. The third-order valence-electron chi connectivity index (χ3n) is 2.93. The Balaban J connectivity index is 1.53. The van der Waals surface area contributed by atoms with Crippen molar-refractivity contribution in [3.05, 3.63) is 0 Å². The zero-order chi connectivity index (χ0) is 10.5. The maximum Gasteiger partial charge on any atom is 0.234 e. The molecule has 0 radical (unpaired) electrons. The van der Waals surface area contributed by atoms with Crippen molar-refractivity contribution in [1.29, 1.82) is 0 Å². The van der Waals surface area contributed by atoms with E-state index in [0.717, 1.165) is 6.54 Å². The van der Waals surface area contributed by atoms with Gasteiger partial charge in [0.2, 0.25) is 5.91 Å². The van der Waals surface area contributed by atoms with Gasteiger partial charge in [0.15, 0.2) is 0 Å². The molecule has 2 N–H and O–H groups in total. The van der Waals surface area contributed by atoms with Crippen molar-refractivity contribution in [2.45, 2.75) is 43.4 Å². The number of carbonyl (C=O) groups is 1. The molecule has 1 amide bonds. The minimum atomic E-state index is 0.160. The molecule has 2 rings (SSSR count). The van der Waals surface area contributed by atoms with Gasteiger partial charge in [-0.1, -0.05) is 6.42 Å². The quantitative estimate of drug-likeness (QED) is 0.741. The monoisotopic (exact) mass is 228 g/mol. The average Bonchev–Trinajstić information content (AvgIpc) is 3.09. The van der Waals surface area contributed by atoms with Gasteiger partial charge in [0.05, 0.1) is 6.54 Å². The molecule has 0 aromatic heterocycles. The molecule has 4 heteroatoms. The fourth-order valence-electron chi connectivity index (χ4n) is 1.78. The molecule has 2 fully saturated rings. The van der Waals surface area contributed by atoms with Crippen molar-refractivity contribution in [2.24, 2.45) is 0 Å². The molecule has 0 spiro atoms. The molecule has 0 aromatic rings. The van der Waals surface area contributed by atoms with Gasteiger partial charge < -0.3 is 10.6 Å². The summed E-state index contributed by atoms with van der Waals surface area (Å²) in [4.78, 5) is 11.4. The molecule has 1 heterocycles. The van der Waals surface area contributed by atoms with Crippen molar-refractivity contribution in [1.82, 2.24) is 10.6 Å². The average molecular weight is 228 g/mol. The zero-order valence-electron chi connectivity index (χ0n) is 9.13. The smallest absolute Gasteiger partial charge is 0.234 e. The number of carbonyl (C=O) groups excluding carboxylic acids is 1. The fourth-order valence-corrected chi connectivity index (χ4v) is 3.02. The summed E-state index contributed by atoms with van der Waals surface area (Å²) in [7, 11) is 0. The van der Waals surface area contributed by atoms with Crippen LogP contribution in [0, 0.1) is 0 Å². The lowest BCUT2D eigenvalue weighted by Crippen LogP contribution is -2.38. The van der Waals surface area contributed by atoms with Gasteiger partial charge in [-0.05, 0) is 31.4 Å². The summed E-state index contributed by atoms with van der Waals surface area (Å²) in [6.07, 6.45) is 6.42. The van der Waals surface area contributed by atoms with Gasteiger partial charge in [0.1, 0.15) is 0 Å². The summed E-state index contributed by atoms with van der Waals surface area (Å²) < 4.78 is 0. The van der Waals surface area contributed by atoms with Crippen LogP contribution in [0.5, 0.6) is 0 Å². The SMILES string of the molecule is O=C(CNC1CC1)NCC1CCCCS1. The molecular weight excluding hydrogens is 208 g/mol. The molecule has 1 atom stereocenters. The maximum absolute atomic E-state index is 11.4. The predicted octanol–water partition coefficient (Wildman–Crippen LogP) is 1.14. The van der Waals surface area contributed by atoms with Crippen LogP contribution in [0.3, 0.4) is 0 Å². The second-order valence-electron chi connectivity index (χ2n) is 4.45. The van der Waals surface area contributed by atoms with Crippen LogP contribution in [0.4, 0.5) is 0 Å². The Bertz CT molecular complexity index is 213. The van der Waals surface area contributed by atoms with Crippen molar-refractivity contribution in [3.63, 3.8) is 0 Å². The summed E-state index contributed by atoms with van der Waals surface area (Å²) in [5.74, 6) is 1.42. The molecule has 0 aromatic carbocycles. The molecule has 3 nitrogen and oxygen atoms in total. The van der Waals surface area contributed by atoms with Crippen LogP contribution in [0.25, 0.3) is 0 Å². The highest BCUT2D eigenvalue weighted by Gasteiger charge is 2.21. The molecule has 1 saturated carbocycles. The Morgan fingerprint density at radius 1 is 1.27 bits per heavy atom. The minimum absolute atomic E-state index is 0.160. The van der Waals surface area contributed by atoms with Gasteiger partial charge in [-0.2, -0.15) is 11.8 Å². The second kappa shape index (κ2) is 5.75. The molecular formula is C11H20N2OS. The Labute approximate surface area is 95.8 Å². The Kier molecular flexibility index (Phi) is 4.32. The van der Waals surface area contributed by atoms with Crippen LogP contribution >= 0.6 is 11.8 Å². The first-order chi connectivity index (χ1) is 7.34. The van der Waals surface area contributed by atoms with Crippen molar-refractivity contribution in [3.8, 4) is 0 Å². The summed E-state index contributed by atoms with van der Waals surface area (Å²) in [5, 5.41) is 6.89. The first kappa shape index (κ1) is 11.3. The molecule has 1 unspecified atom stereocenters. The standard InChI is InChI=1S/C11H20N2OS/c14-11(8-12-9-4-5-9)13-7-10-3-1-2-6-15-10/h9-10,12H,1-8H2,(H,13,14). The van der Waals surface area contributed by atoms with Gasteiger partial charge in [0, 0.05) is 17.8 Å². The third kappa shape index (κ3) is 4.43. The lowest BCUT2D eigenvalue weighted by Gasteiger charge is -2.21. The van der Waals surface area contributed by atoms with Gasteiger partial charge in [0.25, 0.3) is 0 Å². The van der Waals surface area contributed by atoms with E-state index in [9.17, 15) is 4.79 Å². The molecule has 1 saturated heterocycles. The van der Waals surface area contributed by atoms with E-state index < -0.39 is 0 Å². The van der Waals surface area contributed by atoms with Gasteiger partial charge in [-0.25, -0.2) is 0 Å². The fraction of sp³-hybridized carbons (Fsp3) is 0.909. The van der Waals surface area contributed by atoms with Gasteiger partial charge in [-0.3, -0.25) is 4.79 Å². The van der Waals surface area contributed by atoms with E-state index >= 15 is 0 Å². The van der Waals surface area contributed by atoms with E-state index in [1.165, 1.54) is 37.9 Å². The van der Waals surface area contributed by atoms with Crippen molar-refractivity contribution >= 4 is 17.7 Å². The third-order valence-corrected chi connectivity index (χ3v) is 4.33. The van der Waals surface area contributed by atoms with Crippen LogP contribution in [0.2, 0.25) is 0 Å². The molecule has 1 aliphatic carbocycles. The van der Waals surface area contributed by atoms with Crippen LogP contribution < -0.4 is 10.6 Å². The topological polar surface area (TPSA) is 41.1 Å². The van der Waals surface area contributed by atoms with Crippen molar-refractivity contribution in [2.75, 3.05) is 18.8 Å². The lowest BCUT2D eigenvalue weighted by molar-refractivity contribution is -0.120. The van der Waals surface area contributed by atoms with E-state index in [1.807, 2.05) is 11.8 Å². The van der Waals surface area contributed by atoms with E-state index in [2.05, 4.69) is 10.6 Å². The Morgan fingerprint density at radius 3 is 2.80 bits per heavy atom. The number of rotatable bonds is 5. The van der Waals surface area contributed by atoms with Gasteiger partial charge in [-0.15, -0.1) is 0 Å². The summed E-state index contributed by atoms with van der Waals surface area (Å²) in [5.41, 5.74) is 0. The largest absolute Gasteiger partial charge is 0.354 e. The second-order valence-corrected chi connectivity index (χ2v) is 5.86. The number of nitrogens with one attached hydrogen (secondary N) is 2. The number of amides is 1. The summed E-state index contributed by atoms with van der Waals surface area (Å²) in [6.45, 7) is 1.36. The highest BCUT2D eigenvalue weighted by Crippen LogP contribution is 2.24. The normalized spacial score (nSPS) is 26.3. The van der Waals surface area contributed by atoms with E-state index in [4.69, 9.17) is 0 Å². The van der Waals surface area contributed by atoms with E-state index in [1.54, 1.807) is 0 Å². The zero-order valence-corrected chi connectivity index (χ0v) is 9.94. The highest BCUT2D eigenvalue weighted by molar-refractivity contribution is 7.99. The molecule has 2 aliphatic rings. The van der Waals surface area contributed by atoms with E-state index in [-0.39, 0.29) is 5.91 Å². The van der Waals surface area contributed by atoms with Gasteiger partial charge >= 0.3 is 0 Å².